The Balaban J connectivity index is 3.06. The quantitative estimate of drug-likeness (QED) is 0.682. The molecule has 3 nitrogen and oxygen atoms in total. The van der Waals surface area contributed by atoms with Gasteiger partial charge in [-0.15, -0.1) is 0 Å². The molecule has 0 fully saturated rings. The second-order valence-electron chi connectivity index (χ2n) is 2.29. The first-order chi connectivity index (χ1) is 5.55. The molecule has 12 heavy (non-hydrogen) atoms. The highest BCUT2D eigenvalue weighted by Gasteiger charge is 2.35. The van der Waals surface area contributed by atoms with Crippen LogP contribution in [0.25, 0.3) is 0 Å². The summed E-state index contributed by atoms with van der Waals surface area (Å²) in [7, 11) is 0. The molecule has 64 valence electrons. The third-order valence-corrected chi connectivity index (χ3v) is 1.82. The van der Waals surface area contributed by atoms with Crippen LogP contribution in [0.5, 0.6) is 0 Å². The van der Waals surface area contributed by atoms with Gasteiger partial charge in [-0.25, -0.2) is 4.79 Å². The summed E-state index contributed by atoms with van der Waals surface area (Å²) in [5, 5.41) is 15.4. The van der Waals surface area contributed by atoms with E-state index < -0.39 is 11.0 Å². The molecule has 0 saturated carbocycles. The van der Waals surface area contributed by atoms with Gasteiger partial charge < -0.3 is 10.2 Å². The van der Waals surface area contributed by atoms with Crippen molar-refractivity contribution in [1.82, 2.24) is 0 Å². The predicted molar refractivity (Wildman–Crippen MR) is 43.8 cm³/mol. The first-order valence-electron chi connectivity index (χ1n) is 3.25. The summed E-state index contributed by atoms with van der Waals surface area (Å²) in [5.41, 5.74) is 0.152. The molecule has 0 aliphatic heterocycles. The van der Waals surface area contributed by atoms with Crippen LogP contribution in [-0.2, 0) is 9.85 Å². The van der Waals surface area contributed by atoms with Crippen LogP contribution in [0.2, 0.25) is 0 Å². The molecule has 0 aliphatic rings. The number of aliphatic hydroxyl groups is 1. The third kappa shape index (κ3) is 1.57. The zero-order chi connectivity index (χ0) is 9.19. The number of hydrogen-bond acceptors (Lipinski definition) is 2. The normalized spacial score (nSPS) is 15.2. The molecular formula is C8H7ClO3. The van der Waals surface area contributed by atoms with Crippen LogP contribution in [-0.4, -0.2) is 16.2 Å². The van der Waals surface area contributed by atoms with Crippen molar-refractivity contribution in [3.63, 3.8) is 0 Å². The molecule has 2 N–H and O–H groups in total. The van der Waals surface area contributed by atoms with Crippen LogP contribution >= 0.6 is 11.6 Å². The Labute approximate surface area is 74.2 Å². The summed E-state index contributed by atoms with van der Waals surface area (Å²) in [5.74, 6) is -1.48. The fourth-order valence-corrected chi connectivity index (χ4v) is 0.908. The van der Waals surface area contributed by atoms with Gasteiger partial charge in [0.1, 0.15) is 0 Å². The molecule has 0 aromatic heterocycles. The van der Waals surface area contributed by atoms with Gasteiger partial charge in [0, 0.05) is 5.56 Å². The number of carboxylic acid groups (broad SMARTS) is 1. The lowest BCUT2D eigenvalue weighted by molar-refractivity contribution is -0.150. The van der Waals surface area contributed by atoms with E-state index in [9.17, 15) is 9.90 Å². The summed E-state index contributed by atoms with van der Waals surface area (Å²) in [6.45, 7) is 0. The zero-order valence-electron chi connectivity index (χ0n) is 6.07. The van der Waals surface area contributed by atoms with Crippen LogP contribution < -0.4 is 0 Å². The van der Waals surface area contributed by atoms with Gasteiger partial charge in [0.15, 0.2) is 0 Å². The Morgan fingerprint density at radius 1 is 1.33 bits per heavy atom. The highest BCUT2D eigenvalue weighted by molar-refractivity contribution is 6.32. The van der Waals surface area contributed by atoms with Crippen molar-refractivity contribution in [3.05, 3.63) is 35.9 Å². The van der Waals surface area contributed by atoms with Crippen molar-refractivity contribution >= 4 is 17.6 Å². The molecule has 0 amide bonds. The maximum absolute atomic E-state index is 10.4. The molecule has 4 heteroatoms. The summed E-state index contributed by atoms with van der Waals surface area (Å²) in [4.78, 5) is 10.4. The Hall–Kier alpha value is -1.06. The number of carboxylic acids is 1. The Bertz CT molecular complexity index is 282. The number of halogens is 1. The largest absolute Gasteiger partial charge is 0.478 e. The maximum Gasteiger partial charge on any atom is 0.356 e. The number of carbonyl (C=O) groups is 1. The average molecular weight is 187 g/mol. The Morgan fingerprint density at radius 2 is 1.83 bits per heavy atom. The first kappa shape index (κ1) is 9.03. The zero-order valence-corrected chi connectivity index (χ0v) is 6.82. The van der Waals surface area contributed by atoms with Gasteiger partial charge in [0.25, 0.3) is 5.06 Å². The smallest absolute Gasteiger partial charge is 0.356 e. The molecule has 1 rings (SSSR count). The molecule has 0 unspecified atom stereocenters. The van der Waals surface area contributed by atoms with Crippen LogP contribution in [0.1, 0.15) is 5.56 Å². The lowest BCUT2D eigenvalue weighted by atomic mass is 10.1. The minimum absolute atomic E-state index is 0.152. The molecular weight excluding hydrogens is 180 g/mol. The lowest BCUT2D eigenvalue weighted by Crippen LogP contribution is -2.28. The predicted octanol–water partition coefficient (Wildman–Crippen LogP) is 1.16. The summed E-state index contributed by atoms with van der Waals surface area (Å²) < 4.78 is 0. The van der Waals surface area contributed by atoms with E-state index in [4.69, 9.17) is 16.7 Å². The molecule has 0 bridgehead atoms. The minimum atomic E-state index is -2.32. The second-order valence-corrected chi connectivity index (χ2v) is 2.84. The minimum Gasteiger partial charge on any atom is -0.478 e. The molecule has 1 atom stereocenters. The van der Waals surface area contributed by atoms with E-state index in [2.05, 4.69) is 0 Å². The summed E-state index contributed by atoms with van der Waals surface area (Å²) >= 11 is 5.35. The molecule has 0 radical (unpaired) electrons. The summed E-state index contributed by atoms with van der Waals surface area (Å²) in [6.07, 6.45) is 0. The van der Waals surface area contributed by atoms with E-state index in [-0.39, 0.29) is 5.56 Å². The Morgan fingerprint density at radius 3 is 2.25 bits per heavy atom. The van der Waals surface area contributed by atoms with Crippen LogP contribution in [0.3, 0.4) is 0 Å². The number of hydrogen-bond donors (Lipinski definition) is 2. The van der Waals surface area contributed by atoms with Crippen LogP contribution in [0.15, 0.2) is 30.3 Å². The van der Waals surface area contributed by atoms with E-state index in [1.54, 1.807) is 18.2 Å². The number of aliphatic carboxylic acids is 1. The van der Waals surface area contributed by atoms with Crippen molar-refractivity contribution in [2.75, 3.05) is 0 Å². The van der Waals surface area contributed by atoms with E-state index in [1.807, 2.05) is 0 Å². The summed E-state index contributed by atoms with van der Waals surface area (Å²) in [6, 6.07) is 7.80. The van der Waals surface area contributed by atoms with E-state index in [1.165, 1.54) is 12.1 Å². The van der Waals surface area contributed by atoms with Gasteiger partial charge in [-0.1, -0.05) is 41.9 Å². The maximum atomic E-state index is 10.4. The fourth-order valence-electron chi connectivity index (χ4n) is 0.782. The van der Waals surface area contributed by atoms with Gasteiger partial charge in [-0.3, -0.25) is 0 Å². The van der Waals surface area contributed by atoms with Crippen molar-refractivity contribution in [1.29, 1.82) is 0 Å². The number of benzene rings is 1. The lowest BCUT2D eigenvalue weighted by Gasteiger charge is -2.14. The van der Waals surface area contributed by atoms with E-state index >= 15 is 0 Å². The highest BCUT2D eigenvalue weighted by Crippen LogP contribution is 2.25. The fraction of sp³-hybridized carbons (Fsp3) is 0.125. The average Bonchev–Trinajstić information content (AvgIpc) is 2.06. The van der Waals surface area contributed by atoms with Crippen molar-refractivity contribution in [3.8, 4) is 0 Å². The second kappa shape index (κ2) is 3.13. The van der Waals surface area contributed by atoms with Crippen LogP contribution in [0, 0.1) is 0 Å². The SMILES string of the molecule is O=C(O)[C@](O)(Cl)c1ccccc1. The highest BCUT2D eigenvalue weighted by atomic mass is 35.5. The van der Waals surface area contributed by atoms with Gasteiger partial charge in [0.2, 0.25) is 0 Å². The van der Waals surface area contributed by atoms with Gasteiger partial charge in [-0.2, -0.15) is 0 Å². The third-order valence-electron chi connectivity index (χ3n) is 1.44. The monoisotopic (exact) mass is 186 g/mol. The Kier molecular flexibility index (Phi) is 2.35. The molecule has 1 aromatic rings. The van der Waals surface area contributed by atoms with Crippen molar-refractivity contribution < 1.29 is 15.0 Å². The van der Waals surface area contributed by atoms with E-state index in [0.29, 0.717) is 0 Å². The van der Waals surface area contributed by atoms with Gasteiger partial charge >= 0.3 is 5.97 Å². The molecule has 0 aliphatic carbocycles. The van der Waals surface area contributed by atoms with E-state index in [0.717, 1.165) is 0 Å². The van der Waals surface area contributed by atoms with Crippen molar-refractivity contribution in [2.45, 2.75) is 5.06 Å². The number of alkyl halides is 1. The van der Waals surface area contributed by atoms with Gasteiger partial charge in [-0.05, 0) is 0 Å². The molecule has 0 saturated heterocycles. The first-order valence-corrected chi connectivity index (χ1v) is 3.63. The molecule has 0 spiro atoms. The van der Waals surface area contributed by atoms with Gasteiger partial charge in [0.05, 0.1) is 0 Å². The molecule has 1 aromatic carbocycles. The van der Waals surface area contributed by atoms with Crippen molar-refractivity contribution in [2.24, 2.45) is 0 Å². The van der Waals surface area contributed by atoms with Crippen LogP contribution in [0.4, 0.5) is 0 Å². The number of rotatable bonds is 2. The topological polar surface area (TPSA) is 57.5 Å². The molecule has 0 heterocycles. The standard InChI is InChI=1S/C8H7ClO3/c9-8(12,7(10)11)6-4-2-1-3-5-6/h1-5,12H,(H,10,11)/t8-/m0/s1.